The Morgan fingerprint density at radius 2 is 1.82 bits per heavy atom. The van der Waals surface area contributed by atoms with Gasteiger partial charge in [-0.2, -0.15) is 0 Å². The summed E-state index contributed by atoms with van der Waals surface area (Å²) in [4.78, 5) is 2.69. The fourth-order valence-corrected chi connectivity index (χ4v) is 4.00. The Morgan fingerprint density at radius 1 is 1.18 bits per heavy atom. The number of likely N-dealkylation sites (tertiary alicyclic amines) is 1. The summed E-state index contributed by atoms with van der Waals surface area (Å²) in [5, 5.41) is 0. The molecule has 0 aromatic rings. The van der Waals surface area contributed by atoms with Crippen molar-refractivity contribution in [1.82, 2.24) is 4.90 Å². The Morgan fingerprint density at radius 3 is 2.35 bits per heavy atom. The van der Waals surface area contributed by atoms with Gasteiger partial charge in [0, 0.05) is 6.54 Å². The van der Waals surface area contributed by atoms with E-state index in [9.17, 15) is 0 Å². The van der Waals surface area contributed by atoms with Crippen LogP contribution in [-0.2, 0) is 0 Å². The molecular weight excluding hydrogens is 206 g/mol. The Labute approximate surface area is 108 Å². The molecule has 0 bridgehead atoms. The lowest BCUT2D eigenvalue weighted by Crippen LogP contribution is -2.47. The molecule has 1 nitrogen and oxygen atoms in total. The first-order valence-corrected chi connectivity index (χ1v) is 7.86. The van der Waals surface area contributed by atoms with Crippen LogP contribution in [-0.4, -0.2) is 24.5 Å². The maximum absolute atomic E-state index is 2.69. The molecule has 2 rings (SSSR count). The third-order valence-corrected chi connectivity index (χ3v) is 4.95. The van der Waals surface area contributed by atoms with Gasteiger partial charge < -0.3 is 4.90 Å². The summed E-state index contributed by atoms with van der Waals surface area (Å²) >= 11 is 0. The van der Waals surface area contributed by atoms with Gasteiger partial charge >= 0.3 is 0 Å². The molecular formula is C16H31N. The van der Waals surface area contributed by atoms with Crippen molar-refractivity contribution in [3.8, 4) is 0 Å². The van der Waals surface area contributed by atoms with E-state index in [1.165, 1.54) is 51.7 Å². The highest BCUT2D eigenvalue weighted by atomic mass is 15.1. The minimum absolute atomic E-state index is 0.798. The second-order valence-electron chi connectivity index (χ2n) is 7.11. The van der Waals surface area contributed by atoms with Crippen LogP contribution in [0.15, 0.2) is 0 Å². The monoisotopic (exact) mass is 237 g/mol. The van der Waals surface area contributed by atoms with Crippen LogP contribution in [0.25, 0.3) is 0 Å². The van der Waals surface area contributed by atoms with Gasteiger partial charge in [0.2, 0.25) is 0 Å². The zero-order valence-corrected chi connectivity index (χ0v) is 12.2. The lowest BCUT2D eigenvalue weighted by Gasteiger charge is -2.53. The SMILES string of the molecule is CCCCC1CC2(CCN(CC(C)C)CC2)C1. The van der Waals surface area contributed by atoms with Crippen molar-refractivity contribution in [2.45, 2.75) is 65.7 Å². The van der Waals surface area contributed by atoms with Crippen molar-refractivity contribution in [1.29, 1.82) is 0 Å². The zero-order valence-electron chi connectivity index (χ0n) is 12.2. The Bertz CT molecular complexity index is 218. The molecule has 100 valence electrons. The molecule has 1 heterocycles. The Hall–Kier alpha value is -0.0400. The lowest BCUT2D eigenvalue weighted by molar-refractivity contribution is -0.0190. The summed E-state index contributed by atoms with van der Waals surface area (Å²) < 4.78 is 0. The van der Waals surface area contributed by atoms with E-state index in [-0.39, 0.29) is 0 Å². The highest BCUT2D eigenvalue weighted by Crippen LogP contribution is 2.54. The van der Waals surface area contributed by atoms with Crippen LogP contribution in [0.5, 0.6) is 0 Å². The summed E-state index contributed by atoms with van der Waals surface area (Å²) in [5.74, 6) is 1.93. The minimum Gasteiger partial charge on any atom is -0.303 e. The number of hydrogen-bond donors (Lipinski definition) is 0. The molecule has 0 unspecified atom stereocenters. The molecule has 0 aromatic heterocycles. The van der Waals surface area contributed by atoms with E-state index in [0.717, 1.165) is 17.3 Å². The van der Waals surface area contributed by atoms with Gasteiger partial charge in [-0.3, -0.25) is 0 Å². The summed E-state index contributed by atoms with van der Waals surface area (Å²) in [7, 11) is 0. The number of piperidine rings is 1. The van der Waals surface area contributed by atoms with Crippen LogP contribution >= 0.6 is 0 Å². The van der Waals surface area contributed by atoms with Gasteiger partial charge in [-0.1, -0.05) is 40.0 Å². The Kier molecular flexibility index (Phi) is 4.52. The molecule has 0 amide bonds. The van der Waals surface area contributed by atoms with Crippen LogP contribution < -0.4 is 0 Å². The van der Waals surface area contributed by atoms with Crippen LogP contribution in [0.3, 0.4) is 0 Å². The van der Waals surface area contributed by atoms with E-state index in [0.29, 0.717) is 0 Å². The first-order valence-electron chi connectivity index (χ1n) is 7.86. The van der Waals surface area contributed by atoms with E-state index in [2.05, 4.69) is 25.7 Å². The summed E-state index contributed by atoms with van der Waals surface area (Å²) in [5.41, 5.74) is 0.798. The van der Waals surface area contributed by atoms with Crippen molar-refractivity contribution in [2.24, 2.45) is 17.3 Å². The van der Waals surface area contributed by atoms with Gasteiger partial charge in [0.1, 0.15) is 0 Å². The van der Waals surface area contributed by atoms with Crippen molar-refractivity contribution in [2.75, 3.05) is 19.6 Å². The highest BCUT2D eigenvalue weighted by Gasteiger charge is 2.44. The van der Waals surface area contributed by atoms with Gasteiger partial charge in [0.15, 0.2) is 0 Å². The van der Waals surface area contributed by atoms with Crippen LogP contribution in [0.2, 0.25) is 0 Å². The third kappa shape index (κ3) is 3.47. The number of hydrogen-bond acceptors (Lipinski definition) is 1. The molecule has 1 spiro atoms. The van der Waals surface area contributed by atoms with Crippen LogP contribution in [0, 0.1) is 17.3 Å². The molecule has 1 aliphatic carbocycles. The fraction of sp³-hybridized carbons (Fsp3) is 1.00. The first-order chi connectivity index (χ1) is 8.13. The van der Waals surface area contributed by atoms with Crippen molar-refractivity contribution < 1.29 is 0 Å². The third-order valence-electron chi connectivity index (χ3n) is 4.95. The molecule has 1 heteroatoms. The largest absolute Gasteiger partial charge is 0.303 e. The number of nitrogens with zero attached hydrogens (tertiary/aromatic N) is 1. The lowest BCUT2D eigenvalue weighted by atomic mass is 9.56. The maximum Gasteiger partial charge on any atom is 0.000439 e. The van der Waals surface area contributed by atoms with Crippen molar-refractivity contribution >= 4 is 0 Å². The molecule has 17 heavy (non-hydrogen) atoms. The van der Waals surface area contributed by atoms with Crippen molar-refractivity contribution in [3.63, 3.8) is 0 Å². The molecule has 0 atom stereocenters. The summed E-state index contributed by atoms with van der Waals surface area (Å²) in [6.45, 7) is 11.1. The molecule has 2 aliphatic rings. The number of unbranched alkanes of at least 4 members (excludes halogenated alkanes) is 1. The van der Waals surface area contributed by atoms with E-state index < -0.39 is 0 Å². The van der Waals surface area contributed by atoms with E-state index in [4.69, 9.17) is 0 Å². The van der Waals surface area contributed by atoms with Gasteiger partial charge in [-0.15, -0.1) is 0 Å². The maximum atomic E-state index is 2.69. The standard InChI is InChI=1S/C16H31N/c1-4-5-6-15-11-16(12-15)7-9-17(10-8-16)13-14(2)3/h14-15H,4-13H2,1-3H3. The average Bonchev–Trinajstić information content (AvgIpc) is 2.25. The van der Waals surface area contributed by atoms with E-state index in [1.54, 1.807) is 12.8 Å². The predicted octanol–water partition coefficient (Wildman–Crippen LogP) is 4.32. The molecule has 1 saturated heterocycles. The zero-order chi connectivity index (χ0) is 12.3. The predicted molar refractivity (Wildman–Crippen MR) is 75.2 cm³/mol. The number of rotatable bonds is 5. The van der Waals surface area contributed by atoms with Gasteiger partial charge in [0.05, 0.1) is 0 Å². The van der Waals surface area contributed by atoms with Crippen molar-refractivity contribution in [3.05, 3.63) is 0 Å². The smallest absolute Gasteiger partial charge is 0.000439 e. The van der Waals surface area contributed by atoms with Crippen LogP contribution in [0.4, 0.5) is 0 Å². The molecule has 0 N–H and O–H groups in total. The molecule has 2 fully saturated rings. The van der Waals surface area contributed by atoms with E-state index in [1.807, 2.05) is 0 Å². The molecule has 1 saturated carbocycles. The second kappa shape index (κ2) is 5.73. The summed E-state index contributed by atoms with van der Waals surface area (Å²) in [6, 6.07) is 0. The topological polar surface area (TPSA) is 3.24 Å². The second-order valence-corrected chi connectivity index (χ2v) is 7.11. The van der Waals surface area contributed by atoms with E-state index >= 15 is 0 Å². The Balaban J connectivity index is 1.66. The fourth-order valence-electron chi connectivity index (χ4n) is 4.00. The summed E-state index contributed by atoms with van der Waals surface area (Å²) in [6.07, 6.45) is 10.4. The van der Waals surface area contributed by atoms with Crippen LogP contribution in [0.1, 0.15) is 65.7 Å². The first kappa shape index (κ1) is 13.4. The minimum atomic E-state index is 0.798. The molecule has 0 aromatic carbocycles. The van der Waals surface area contributed by atoms with Gasteiger partial charge in [-0.25, -0.2) is 0 Å². The highest BCUT2D eigenvalue weighted by molar-refractivity contribution is 4.96. The average molecular weight is 237 g/mol. The molecule has 1 aliphatic heterocycles. The van der Waals surface area contributed by atoms with Gasteiger partial charge in [-0.05, 0) is 56.0 Å². The molecule has 0 radical (unpaired) electrons. The van der Waals surface area contributed by atoms with Gasteiger partial charge in [0.25, 0.3) is 0 Å². The normalized spacial score (nSPS) is 25.4. The quantitative estimate of drug-likeness (QED) is 0.688.